The number of methoxy groups -OCH3 is 1. The van der Waals surface area contributed by atoms with Crippen molar-refractivity contribution in [2.24, 2.45) is 0 Å². The van der Waals surface area contributed by atoms with Crippen LogP contribution in [0.4, 0.5) is 5.69 Å². The number of para-hydroxylation sites is 1. The fourth-order valence-electron chi connectivity index (χ4n) is 2.47. The van der Waals surface area contributed by atoms with Crippen LogP contribution in [-0.4, -0.2) is 26.6 Å². The summed E-state index contributed by atoms with van der Waals surface area (Å²) < 4.78 is 32.1. The van der Waals surface area contributed by atoms with Crippen molar-refractivity contribution >= 4 is 43.4 Å². The Morgan fingerprint density at radius 1 is 1.12 bits per heavy atom. The van der Waals surface area contributed by atoms with E-state index in [0.29, 0.717) is 4.47 Å². The minimum absolute atomic E-state index is 0.0567. The predicted molar refractivity (Wildman–Crippen MR) is 91.8 cm³/mol. The Kier molecular flexibility index (Phi) is 4.10. The van der Waals surface area contributed by atoms with Crippen LogP contribution in [0.2, 0.25) is 0 Å². The Labute approximate surface area is 147 Å². The maximum absolute atomic E-state index is 13.1. The molecule has 1 aliphatic heterocycles. The summed E-state index contributed by atoms with van der Waals surface area (Å²) in [4.78, 5) is 12.1. The number of aliphatic hydroxyl groups is 1. The molecule has 0 bridgehead atoms. The van der Waals surface area contributed by atoms with Gasteiger partial charge >= 0.3 is 5.97 Å². The summed E-state index contributed by atoms with van der Waals surface area (Å²) in [5.41, 5.74) is -0.205. The first-order valence-electron chi connectivity index (χ1n) is 6.80. The zero-order chi connectivity index (χ0) is 17.5. The van der Waals surface area contributed by atoms with Gasteiger partial charge in [-0.2, -0.15) is 0 Å². The molecule has 0 amide bonds. The number of carbonyl (C=O) groups is 1. The molecule has 2 aromatic rings. The Bertz CT molecular complexity index is 968. The Morgan fingerprint density at radius 3 is 2.42 bits per heavy atom. The van der Waals surface area contributed by atoms with Crippen LogP contribution in [0.3, 0.4) is 0 Å². The molecular weight excluding hydrogens is 398 g/mol. The SMILES string of the molecule is COC(=O)C1=C(O)c2ccccc2S(=O)(=O)N1c1ccccc1Br. The number of hydrogen-bond acceptors (Lipinski definition) is 5. The molecule has 0 aliphatic carbocycles. The van der Waals surface area contributed by atoms with Gasteiger partial charge in [-0.25, -0.2) is 17.5 Å². The van der Waals surface area contributed by atoms with Crippen molar-refractivity contribution in [3.63, 3.8) is 0 Å². The smallest absolute Gasteiger partial charge is 0.359 e. The molecule has 1 heterocycles. The highest BCUT2D eigenvalue weighted by atomic mass is 79.9. The summed E-state index contributed by atoms with van der Waals surface area (Å²) in [6.45, 7) is 0. The van der Waals surface area contributed by atoms with Crippen LogP contribution in [0.15, 0.2) is 63.6 Å². The van der Waals surface area contributed by atoms with E-state index in [1.165, 1.54) is 18.2 Å². The first kappa shape index (κ1) is 16.5. The van der Waals surface area contributed by atoms with Gasteiger partial charge in [0.05, 0.1) is 17.7 Å². The molecule has 6 nitrogen and oxygen atoms in total. The summed E-state index contributed by atoms with van der Waals surface area (Å²) >= 11 is 3.28. The molecule has 0 atom stereocenters. The lowest BCUT2D eigenvalue weighted by Crippen LogP contribution is -2.38. The second kappa shape index (κ2) is 5.95. The number of hydrogen-bond donors (Lipinski definition) is 1. The predicted octanol–water partition coefficient (Wildman–Crippen LogP) is 3.06. The van der Waals surface area contributed by atoms with Crippen LogP contribution >= 0.6 is 15.9 Å². The molecule has 2 aromatic carbocycles. The summed E-state index contributed by atoms with van der Waals surface area (Å²) in [5, 5.41) is 10.5. The zero-order valence-corrected chi connectivity index (χ0v) is 14.8. The van der Waals surface area contributed by atoms with Gasteiger partial charge in [-0.3, -0.25) is 0 Å². The van der Waals surface area contributed by atoms with Crippen LogP contribution in [0.25, 0.3) is 5.76 Å². The van der Waals surface area contributed by atoms with Crippen molar-refractivity contribution in [1.29, 1.82) is 0 Å². The molecule has 0 radical (unpaired) electrons. The van der Waals surface area contributed by atoms with E-state index in [1.807, 2.05) is 0 Å². The average Bonchev–Trinajstić information content (AvgIpc) is 2.58. The van der Waals surface area contributed by atoms with Crippen LogP contribution in [0, 0.1) is 0 Å². The van der Waals surface area contributed by atoms with E-state index in [4.69, 9.17) is 0 Å². The number of rotatable bonds is 2. The molecule has 0 fully saturated rings. The van der Waals surface area contributed by atoms with Crippen molar-refractivity contribution < 1.29 is 23.1 Å². The van der Waals surface area contributed by atoms with Crippen LogP contribution in [0.1, 0.15) is 5.56 Å². The van der Waals surface area contributed by atoms with E-state index in [0.717, 1.165) is 11.4 Å². The lowest BCUT2D eigenvalue weighted by Gasteiger charge is -2.31. The van der Waals surface area contributed by atoms with Crippen molar-refractivity contribution in [3.05, 3.63) is 64.3 Å². The number of ether oxygens (including phenoxy) is 1. The van der Waals surface area contributed by atoms with Gasteiger partial charge in [0, 0.05) is 10.0 Å². The van der Waals surface area contributed by atoms with E-state index in [-0.39, 0.29) is 16.1 Å². The fourth-order valence-corrected chi connectivity index (χ4v) is 4.76. The first-order valence-corrected chi connectivity index (χ1v) is 9.03. The monoisotopic (exact) mass is 409 g/mol. The lowest BCUT2D eigenvalue weighted by molar-refractivity contribution is -0.136. The fraction of sp³-hybridized carbons (Fsp3) is 0.0625. The standard InChI is InChI=1S/C16H12BrNO5S/c1-23-16(20)14-15(19)10-6-2-5-9-13(10)24(21,22)18(14)12-8-4-3-7-11(12)17/h2-9,19H,1H3. The molecule has 8 heteroatoms. The third-order valence-corrected chi connectivity index (χ3v) is 5.98. The number of nitrogens with zero attached hydrogens (tertiary/aromatic N) is 1. The summed E-state index contributed by atoms with van der Waals surface area (Å²) in [7, 11) is -2.99. The van der Waals surface area contributed by atoms with Gasteiger partial charge in [-0.15, -0.1) is 0 Å². The van der Waals surface area contributed by atoms with E-state index in [9.17, 15) is 18.3 Å². The van der Waals surface area contributed by atoms with E-state index in [2.05, 4.69) is 20.7 Å². The number of carbonyl (C=O) groups excluding carboxylic acids is 1. The second-order valence-corrected chi connectivity index (χ2v) is 7.52. The Hall–Kier alpha value is -2.32. The molecular formula is C16H12BrNO5S. The lowest BCUT2D eigenvalue weighted by atomic mass is 10.1. The minimum atomic E-state index is -4.11. The van der Waals surface area contributed by atoms with Crippen molar-refractivity contribution in [3.8, 4) is 0 Å². The number of benzene rings is 2. The van der Waals surface area contributed by atoms with Crippen LogP contribution in [0.5, 0.6) is 0 Å². The molecule has 1 N–H and O–H groups in total. The van der Waals surface area contributed by atoms with Gasteiger partial charge in [-0.05, 0) is 40.2 Å². The maximum Gasteiger partial charge on any atom is 0.359 e. The number of halogens is 1. The summed E-state index contributed by atoms with van der Waals surface area (Å²) in [6.07, 6.45) is 0. The second-order valence-electron chi connectivity index (χ2n) is 4.91. The van der Waals surface area contributed by atoms with Crippen LogP contribution < -0.4 is 4.31 Å². The Balaban J connectivity index is 2.41. The first-order chi connectivity index (χ1) is 11.4. The van der Waals surface area contributed by atoms with E-state index >= 15 is 0 Å². The maximum atomic E-state index is 13.1. The topological polar surface area (TPSA) is 83.9 Å². The normalized spacial score (nSPS) is 15.8. The average molecular weight is 410 g/mol. The van der Waals surface area contributed by atoms with E-state index < -0.39 is 27.4 Å². The van der Waals surface area contributed by atoms with Gasteiger partial charge < -0.3 is 9.84 Å². The molecule has 0 saturated heterocycles. The van der Waals surface area contributed by atoms with Gasteiger partial charge in [0.25, 0.3) is 10.0 Å². The summed E-state index contributed by atoms with van der Waals surface area (Å²) in [6, 6.07) is 12.4. The molecule has 24 heavy (non-hydrogen) atoms. The van der Waals surface area contributed by atoms with Crippen molar-refractivity contribution in [2.75, 3.05) is 11.4 Å². The summed E-state index contributed by atoms with van der Waals surface area (Å²) in [5.74, 6) is -1.41. The third-order valence-electron chi connectivity index (χ3n) is 3.54. The highest BCUT2D eigenvalue weighted by Crippen LogP contribution is 2.41. The van der Waals surface area contributed by atoms with Crippen LogP contribution in [-0.2, 0) is 19.6 Å². The van der Waals surface area contributed by atoms with Gasteiger partial charge in [-0.1, -0.05) is 24.3 Å². The largest absolute Gasteiger partial charge is 0.505 e. The van der Waals surface area contributed by atoms with Gasteiger partial charge in [0.15, 0.2) is 11.5 Å². The van der Waals surface area contributed by atoms with Gasteiger partial charge in [0.2, 0.25) is 0 Å². The molecule has 3 rings (SSSR count). The number of aliphatic hydroxyl groups excluding tert-OH is 1. The third kappa shape index (κ3) is 2.38. The highest BCUT2D eigenvalue weighted by Gasteiger charge is 2.42. The van der Waals surface area contributed by atoms with Crippen molar-refractivity contribution in [1.82, 2.24) is 0 Å². The van der Waals surface area contributed by atoms with Gasteiger partial charge in [0.1, 0.15) is 0 Å². The quantitative estimate of drug-likeness (QED) is 0.770. The molecule has 124 valence electrons. The number of sulfonamides is 1. The Morgan fingerprint density at radius 2 is 1.75 bits per heavy atom. The number of anilines is 1. The molecule has 0 unspecified atom stereocenters. The number of fused-ring (bicyclic) bond motifs is 1. The molecule has 0 saturated carbocycles. The van der Waals surface area contributed by atoms with E-state index in [1.54, 1.807) is 30.3 Å². The molecule has 0 spiro atoms. The van der Waals surface area contributed by atoms with Crippen molar-refractivity contribution in [2.45, 2.75) is 4.90 Å². The number of esters is 1. The molecule has 1 aliphatic rings. The zero-order valence-electron chi connectivity index (χ0n) is 12.4. The highest BCUT2D eigenvalue weighted by molar-refractivity contribution is 9.10. The minimum Gasteiger partial charge on any atom is -0.505 e. The molecule has 0 aromatic heterocycles.